The lowest BCUT2D eigenvalue weighted by Crippen LogP contribution is -2.57. The van der Waals surface area contributed by atoms with Gasteiger partial charge in [0.2, 0.25) is 5.69 Å². The van der Waals surface area contributed by atoms with E-state index in [1.165, 1.54) is 54.7 Å². The van der Waals surface area contributed by atoms with Crippen LogP contribution in [0.1, 0.15) is 30.8 Å². The first-order valence-electron chi connectivity index (χ1n) is 11.7. The molecule has 0 saturated carbocycles. The molecule has 5 aromatic rings. The van der Waals surface area contributed by atoms with Gasteiger partial charge in [-0.05, 0) is 42.3 Å². The van der Waals surface area contributed by atoms with Crippen LogP contribution in [0, 0.1) is 5.92 Å². The topological polar surface area (TPSA) is 12.7 Å². The van der Waals surface area contributed by atoms with Gasteiger partial charge in [-0.2, -0.15) is 9.13 Å². The lowest BCUT2D eigenvalue weighted by Gasteiger charge is -2.20. The van der Waals surface area contributed by atoms with Crippen molar-refractivity contribution in [3.63, 3.8) is 0 Å². The molecule has 3 aromatic carbocycles. The number of hydrogen-bond acceptors (Lipinski definition) is 1. The third kappa shape index (κ3) is 1.93. The Balaban J connectivity index is 1.67. The van der Waals surface area contributed by atoms with Gasteiger partial charge in [0.1, 0.15) is 0 Å². The van der Waals surface area contributed by atoms with Gasteiger partial charge in [-0.15, -0.1) is 0 Å². The van der Waals surface area contributed by atoms with Crippen molar-refractivity contribution in [2.75, 3.05) is 0 Å². The molecule has 0 amide bonds. The molecule has 1 atom stereocenters. The summed E-state index contributed by atoms with van der Waals surface area (Å²) < 4.78 is 7.75. The fourth-order valence-corrected chi connectivity index (χ4v) is 7.60. The van der Waals surface area contributed by atoms with Gasteiger partial charge in [-0.25, -0.2) is 4.57 Å². The van der Waals surface area contributed by atoms with Gasteiger partial charge in [-0.1, -0.05) is 55.9 Å². The lowest BCUT2D eigenvalue weighted by atomic mass is 9.83. The molecule has 1 spiro atoms. The maximum atomic E-state index is 2.62. The second-order valence-electron chi connectivity index (χ2n) is 9.75. The number of rotatable bonds is 2. The molecule has 5 heterocycles. The average molecular weight is 446 g/mol. The van der Waals surface area contributed by atoms with Gasteiger partial charge in [0.25, 0.3) is 0 Å². The van der Waals surface area contributed by atoms with Crippen molar-refractivity contribution in [3.05, 3.63) is 102 Å². The molecule has 0 saturated heterocycles. The molecule has 3 aliphatic heterocycles. The Labute approximate surface area is 196 Å². The molecular weight excluding hydrogens is 422 g/mol. The highest BCUT2D eigenvalue weighted by Gasteiger charge is 2.68. The number of para-hydroxylation sites is 2. The molecule has 2 aromatic heterocycles. The molecular formula is C29H23N3S+2. The summed E-state index contributed by atoms with van der Waals surface area (Å²) in [6.07, 6.45) is 2.28. The summed E-state index contributed by atoms with van der Waals surface area (Å²) in [4.78, 5) is 2.70. The van der Waals surface area contributed by atoms with Crippen LogP contribution in [0.5, 0.6) is 0 Å². The summed E-state index contributed by atoms with van der Waals surface area (Å²) in [6.45, 7) is 5.64. The minimum atomic E-state index is -0.380. The van der Waals surface area contributed by atoms with Crippen molar-refractivity contribution in [1.82, 2.24) is 4.57 Å². The van der Waals surface area contributed by atoms with Crippen LogP contribution in [0.15, 0.2) is 94.9 Å². The number of benzene rings is 3. The summed E-state index contributed by atoms with van der Waals surface area (Å²) in [5.74, 6) is 1.91. The van der Waals surface area contributed by atoms with Crippen molar-refractivity contribution >= 4 is 22.8 Å². The Hall–Kier alpha value is -3.37. The number of aromatic nitrogens is 3. The second-order valence-corrected chi connectivity index (χ2v) is 10.8. The zero-order valence-corrected chi connectivity index (χ0v) is 19.4. The second kappa shape index (κ2) is 5.95. The maximum Gasteiger partial charge on any atom is 0.347 e. The Morgan fingerprint density at radius 3 is 2.55 bits per heavy atom. The van der Waals surface area contributed by atoms with Gasteiger partial charge in [0.15, 0.2) is 22.9 Å². The standard InChI is InChI=1S/C29H23N3S/c1-18(2)17-30-23-13-8-15-25-27(23)32-26-21(11-7-14-24(26)33-25)29(28(30)32)20-10-4-3-9-19(20)22-12-5-6-16-31(22)29/h3-16,18H,17H2,1-2H3/q+2. The third-order valence-corrected chi connectivity index (χ3v) is 8.58. The third-order valence-electron chi connectivity index (χ3n) is 7.48. The highest BCUT2D eigenvalue weighted by Crippen LogP contribution is 2.54. The van der Waals surface area contributed by atoms with E-state index >= 15 is 0 Å². The number of nitrogens with zero attached hydrogens (tertiary/aromatic N) is 3. The highest BCUT2D eigenvalue weighted by molar-refractivity contribution is 7.99. The summed E-state index contributed by atoms with van der Waals surface area (Å²) in [6, 6.07) is 29.3. The van der Waals surface area contributed by atoms with Crippen LogP contribution in [0.4, 0.5) is 0 Å². The van der Waals surface area contributed by atoms with E-state index in [2.05, 4.69) is 113 Å². The largest absolute Gasteiger partial charge is 0.347 e. The van der Waals surface area contributed by atoms with E-state index in [-0.39, 0.29) is 5.54 Å². The smallest absolute Gasteiger partial charge is 0.220 e. The van der Waals surface area contributed by atoms with E-state index in [0.29, 0.717) is 5.92 Å². The minimum Gasteiger partial charge on any atom is -0.220 e. The summed E-state index contributed by atoms with van der Waals surface area (Å²) >= 11 is 1.92. The quantitative estimate of drug-likeness (QED) is 0.322. The van der Waals surface area contributed by atoms with Gasteiger partial charge in [-0.3, -0.25) is 0 Å². The van der Waals surface area contributed by atoms with Gasteiger partial charge in [0.05, 0.1) is 33.0 Å². The Morgan fingerprint density at radius 1 is 0.848 bits per heavy atom. The Bertz CT molecular complexity index is 1610. The first-order valence-corrected chi connectivity index (χ1v) is 12.5. The van der Waals surface area contributed by atoms with Gasteiger partial charge >= 0.3 is 11.4 Å². The minimum absolute atomic E-state index is 0.380. The van der Waals surface area contributed by atoms with E-state index in [1.54, 1.807) is 0 Å². The molecule has 0 aliphatic carbocycles. The SMILES string of the molecule is CC(C)Cn1c2[n+]3c4c(cccc41)Sc1cccc(c1-3)C21c2ccccc2-c2cccc[n+]21. The van der Waals surface area contributed by atoms with Crippen LogP contribution in [0.25, 0.3) is 28.0 Å². The van der Waals surface area contributed by atoms with Crippen LogP contribution in [0.2, 0.25) is 0 Å². The van der Waals surface area contributed by atoms with E-state index < -0.39 is 0 Å². The van der Waals surface area contributed by atoms with Crippen molar-refractivity contribution in [2.24, 2.45) is 5.92 Å². The predicted molar refractivity (Wildman–Crippen MR) is 130 cm³/mol. The van der Waals surface area contributed by atoms with Gasteiger partial charge < -0.3 is 0 Å². The van der Waals surface area contributed by atoms with Crippen molar-refractivity contribution in [1.29, 1.82) is 0 Å². The average Bonchev–Trinajstić information content (AvgIpc) is 3.43. The molecule has 8 rings (SSSR count). The number of hydrogen-bond donors (Lipinski definition) is 0. The molecule has 1 unspecified atom stereocenters. The van der Waals surface area contributed by atoms with Crippen molar-refractivity contribution in [2.45, 2.75) is 35.7 Å². The number of fused-ring (bicyclic) bond motifs is 7. The molecule has 0 fully saturated rings. The van der Waals surface area contributed by atoms with Crippen LogP contribution in [0.3, 0.4) is 0 Å². The Morgan fingerprint density at radius 2 is 1.64 bits per heavy atom. The Kier molecular flexibility index (Phi) is 3.26. The molecule has 158 valence electrons. The van der Waals surface area contributed by atoms with Crippen LogP contribution < -0.4 is 9.13 Å². The lowest BCUT2D eigenvalue weighted by molar-refractivity contribution is -0.733. The number of pyridine rings is 1. The predicted octanol–water partition coefficient (Wildman–Crippen LogP) is 5.46. The summed E-state index contributed by atoms with van der Waals surface area (Å²) in [5, 5.41) is 0. The monoisotopic (exact) mass is 445 g/mol. The van der Waals surface area contributed by atoms with Crippen LogP contribution in [-0.4, -0.2) is 4.57 Å². The molecule has 0 radical (unpaired) electrons. The van der Waals surface area contributed by atoms with Crippen LogP contribution in [-0.2, 0) is 12.1 Å². The molecule has 4 heteroatoms. The molecule has 33 heavy (non-hydrogen) atoms. The van der Waals surface area contributed by atoms with Crippen LogP contribution >= 0.6 is 11.8 Å². The van der Waals surface area contributed by atoms with E-state index in [0.717, 1.165) is 6.54 Å². The van der Waals surface area contributed by atoms with Crippen molar-refractivity contribution in [3.8, 4) is 16.9 Å². The van der Waals surface area contributed by atoms with E-state index in [9.17, 15) is 0 Å². The zero-order chi connectivity index (χ0) is 21.9. The summed E-state index contributed by atoms with van der Waals surface area (Å²) in [7, 11) is 0. The molecule has 0 bridgehead atoms. The van der Waals surface area contributed by atoms with E-state index in [1.807, 2.05) is 11.8 Å². The zero-order valence-electron chi connectivity index (χ0n) is 18.6. The van der Waals surface area contributed by atoms with Gasteiger partial charge in [0, 0.05) is 12.1 Å². The van der Waals surface area contributed by atoms with E-state index in [4.69, 9.17) is 0 Å². The molecule has 3 aliphatic rings. The molecule has 0 N–H and O–H groups in total. The first-order chi connectivity index (χ1) is 16.2. The fourth-order valence-electron chi connectivity index (χ4n) is 6.48. The first kappa shape index (κ1) is 18.1. The van der Waals surface area contributed by atoms with Crippen molar-refractivity contribution < 1.29 is 9.13 Å². The molecule has 3 nitrogen and oxygen atoms in total. The fraction of sp³-hybridized carbons (Fsp3) is 0.172. The number of imidazole rings is 1. The summed E-state index contributed by atoms with van der Waals surface area (Å²) in [5.41, 5.74) is 9.06. The normalized spacial score (nSPS) is 18.4. The highest BCUT2D eigenvalue weighted by atomic mass is 32.2. The maximum absolute atomic E-state index is 2.62.